The maximum atomic E-state index is 14.9. The highest BCUT2D eigenvalue weighted by molar-refractivity contribution is 7.89. The van der Waals surface area contributed by atoms with Crippen LogP contribution in [-0.4, -0.2) is 92.2 Å². The van der Waals surface area contributed by atoms with Gasteiger partial charge in [-0.2, -0.15) is 9.97 Å². The Labute approximate surface area is 256 Å². The fraction of sp³-hybridized carbons (Fsp3) is 0.438. The highest BCUT2D eigenvalue weighted by atomic mass is 32.2. The van der Waals surface area contributed by atoms with Crippen molar-refractivity contribution < 1.29 is 22.7 Å². The first-order valence-corrected chi connectivity index (χ1v) is 16.3. The maximum absolute atomic E-state index is 14.9. The molecule has 4 heterocycles. The Bertz CT molecular complexity index is 1850. The van der Waals surface area contributed by atoms with Crippen molar-refractivity contribution in [3.05, 3.63) is 46.9 Å². The number of aromatic nitrogens is 2. The zero-order valence-electron chi connectivity index (χ0n) is 25.0. The van der Waals surface area contributed by atoms with Gasteiger partial charge in [0.2, 0.25) is 0 Å². The summed E-state index contributed by atoms with van der Waals surface area (Å²) in [4.78, 5) is 13.6. The molecule has 7 rings (SSSR count). The van der Waals surface area contributed by atoms with Gasteiger partial charge in [-0.05, 0) is 69.4 Å². The van der Waals surface area contributed by atoms with Crippen molar-refractivity contribution in [1.29, 1.82) is 0 Å². The average Bonchev–Trinajstić information content (AvgIpc) is 3.66. The number of fused-ring (bicyclic) bond motifs is 4. The SMILES string of the molecule is C#Cc1c(F)ccc2cc(O)cc(C3=Cc4nc(OCC5(CN(C)C)CC5)nc(N5CC6CCC(C5)N6)c4S(=O)(=O)N3C)c12. The highest BCUT2D eigenvalue weighted by Gasteiger charge is 2.45. The number of benzene rings is 2. The topological polar surface area (TPSA) is 111 Å². The third-order valence-corrected chi connectivity index (χ3v) is 11.0. The van der Waals surface area contributed by atoms with Gasteiger partial charge in [-0.3, -0.25) is 4.31 Å². The Morgan fingerprint density at radius 1 is 1.20 bits per heavy atom. The van der Waals surface area contributed by atoms with Crippen molar-refractivity contribution in [3.63, 3.8) is 0 Å². The van der Waals surface area contributed by atoms with E-state index in [0.29, 0.717) is 36.3 Å². The molecule has 2 unspecified atom stereocenters. The van der Waals surface area contributed by atoms with Gasteiger partial charge in [0.15, 0.2) is 10.7 Å². The number of halogens is 1. The van der Waals surface area contributed by atoms with Crippen LogP contribution in [0.4, 0.5) is 10.2 Å². The van der Waals surface area contributed by atoms with Crippen molar-refractivity contribution in [2.45, 2.75) is 42.7 Å². The number of piperazine rings is 1. The first kappa shape index (κ1) is 28.8. The largest absolute Gasteiger partial charge is 0.508 e. The molecule has 10 nitrogen and oxygen atoms in total. The lowest BCUT2D eigenvalue weighted by molar-refractivity contribution is 0.182. The van der Waals surface area contributed by atoms with Crippen molar-refractivity contribution >= 4 is 38.4 Å². The van der Waals surface area contributed by atoms with E-state index in [1.54, 1.807) is 6.08 Å². The molecule has 3 aromatic rings. The highest BCUT2D eigenvalue weighted by Crippen LogP contribution is 2.47. The van der Waals surface area contributed by atoms with E-state index in [1.807, 2.05) is 19.0 Å². The number of hydrogen-bond donors (Lipinski definition) is 2. The molecule has 12 heteroatoms. The van der Waals surface area contributed by atoms with E-state index in [0.717, 1.165) is 36.5 Å². The summed E-state index contributed by atoms with van der Waals surface area (Å²) in [6.45, 7) is 2.51. The van der Waals surface area contributed by atoms with E-state index in [4.69, 9.17) is 16.1 Å². The van der Waals surface area contributed by atoms with Crippen LogP contribution in [0.15, 0.2) is 29.2 Å². The molecule has 3 aliphatic heterocycles. The Morgan fingerprint density at radius 2 is 1.93 bits per heavy atom. The van der Waals surface area contributed by atoms with E-state index in [1.165, 1.54) is 31.3 Å². The Kier molecular flexibility index (Phi) is 6.77. The predicted octanol–water partition coefficient (Wildman–Crippen LogP) is 3.25. The molecule has 2 N–H and O–H groups in total. The van der Waals surface area contributed by atoms with Gasteiger partial charge < -0.3 is 25.0 Å². The minimum absolute atomic E-state index is 0.000334. The summed E-state index contributed by atoms with van der Waals surface area (Å²) in [7, 11) is 1.29. The minimum Gasteiger partial charge on any atom is -0.508 e. The fourth-order valence-corrected chi connectivity index (χ4v) is 8.40. The molecule has 4 aliphatic rings. The van der Waals surface area contributed by atoms with Gasteiger partial charge in [0.05, 0.1) is 23.6 Å². The predicted molar refractivity (Wildman–Crippen MR) is 166 cm³/mol. The second kappa shape index (κ2) is 10.3. The lowest BCUT2D eigenvalue weighted by Crippen LogP contribution is -2.52. The molecule has 3 fully saturated rings. The number of phenolic OH excluding ortho intramolecular Hbond substituents is 1. The summed E-state index contributed by atoms with van der Waals surface area (Å²) in [6.07, 6.45) is 11.4. The van der Waals surface area contributed by atoms with Crippen LogP contribution in [0.25, 0.3) is 22.5 Å². The number of anilines is 1. The van der Waals surface area contributed by atoms with Crippen molar-refractivity contribution in [2.75, 3.05) is 52.3 Å². The van der Waals surface area contributed by atoms with Crippen molar-refractivity contribution in [1.82, 2.24) is 24.5 Å². The number of sulfonamides is 1. The number of terminal acetylenes is 1. The molecule has 0 spiro atoms. The molecule has 1 aliphatic carbocycles. The van der Waals surface area contributed by atoms with Gasteiger partial charge >= 0.3 is 6.01 Å². The molecule has 1 saturated carbocycles. The van der Waals surface area contributed by atoms with Crippen molar-refractivity contribution in [2.24, 2.45) is 5.41 Å². The minimum atomic E-state index is -4.20. The zero-order chi connectivity index (χ0) is 31.0. The first-order valence-electron chi connectivity index (χ1n) is 14.8. The quantitative estimate of drug-likeness (QED) is 0.386. The van der Waals surface area contributed by atoms with E-state index in [-0.39, 0.29) is 56.7 Å². The summed E-state index contributed by atoms with van der Waals surface area (Å²) in [6, 6.07) is 6.20. The van der Waals surface area contributed by atoms with Crippen LogP contribution >= 0.6 is 0 Å². The molecule has 0 amide bonds. The standard InChI is InChI=1S/C32H35FN6O4S/c1-5-23-25(33)9-6-19-12-22(40)13-24(28(19)23)27-14-26-29(44(41,42)38(27)4)30(39-15-20-7-8-21(16-39)34-20)36-31(35-26)43-18-32(10-11-32)17-37(2)3/h1,6,9,12-14,20-21,34,40H,7-8,10-11,15-18H2,2-4H3. The molecule has 230 valence electrons. The monoisotopic (exact) mass is 618 g/mol. The van der Waals surface area contributed by atoms with E-state index in [2.05, 4.69) is 21.1 Å². The molecular formula is C32H35FN6O4S. The molecule has 2 bridgehead atoms. The van der Waals surface area contributed by atoms with E-state index in [9.17, 15) is 17.9 Å². The van der Waals surface area contributed by atoms with Gasteiger partial charge in [0.1, 0.15) is 11.6 Å². The normalized spacial score (nSPS) is 23.0. The van der Waals surface area contributed by atoms with Gasteiger partial charge in [-0.1, -0.05) is 12.0 Å². The number of aromatic hydroxyl groups is 1. The van der Waals surface area contributed by atoms with Crippen LogP contribution in [0.3, 0.4) is 0 Å². The summed E-state index contributed by atoms with van der Waals surface area (Å²) in [5, 5.41) is 15.0. The summed E-state index contributed by atoms with van der Waals surface area (Å²) in [5.74, 6) is 1.99. The number of nitrogens with one attached hydrogen (secondary N) is 1. The van der Waals surface area contributed by atoms with Gasteiger partial charge in [-0.25, -0.2) is 12.8 Å². The van der Waals surface area contributed by atoms with Gasteiger partial charge in [-0.15, -0.1) is 6.42 Å². The zero-order valence-corrected chi connectivity index (χ0v) is 25.8. The van der Waals surface area contributed by atoms with Crippen LogP contribution in [0.1, 0.15) is 42.5 Å². The number of hydrogen-bond acceptors (Lipinski definition) is 9. The molecule has 1 aromatic heterocycles. The number of phenols is 1. The van der Waals surface area contributed by atoms with Gasteiger partial charge in [0.25, 0.3) is 10.0 Å². The van der Waals surface area contributed by atoms with Crippen LogP contribution in [0.2, 0.25) is 0 Å². The van der Waals surface area contributed by atoms with Crippen LogP contribution < -0.4 is 15.0 Å². The van der Waals surface area contributed by atoms with Crippen LogP contribution in [0, 0.1) is 23.6 Å². The number of ether oxygens (including phenoxy) is 1. The van der Waals surface area contributed by atoms with Gasteiger partial charge in [0, 0.05) is 55.1 Å². The second-order valence-corrected chi connectivity index (χ2v) is 14.7. The van der Waals surface area contributed by atoms with Crippen molar-refractivity contribution in [3.8, 4) is 24.1 Å². The fourth-order valence-electron chi connectivity index (χ4n) is 6.94. The Morgan fingerprint density at radius 3 is 2.59 bits per heavy atom. The Balaban J connectivity index is 1.41. The molecule has 0 radical (unpaired) electrons. The second-order valence-electron chi connectivity index (χ2n) is 12.8. The van der Waals surface area contributed by atoms with Crippen LogP contribution in [-0.2, 0) is 10.0 Å². The number of rotatable bonds is 7. The lowest BCUT2D eigenvalue weighted by Gasteiger charge is -2.36. The van der Waals surface area contributed by atoms with Crippen LogP contribution in [0.5, 0.6) is 11.8 Å². The first-order chi connectivity index (χ1) is 21.0. The molecule has 2 aromatic carbocycles. The summed E-state index contributed by atoms with van der Waals surface area (Å²) >= 11 is 0. The molecule has 2 saturated heterocycles. The summed E-state index contributed by atoms with van der Waals surface area (Å²) < 4.78 is 51.0. The van der Waals surface area contributed by atoms with E-state index >= 15 is 0 Å². The lowest BCUT2D eigenvalue weighted by atomic mass is 9.96. The third kappa shape index (κ3) is 4.83. The maximum Gasteiger partial charge on any atom is 0.319 e. The molecular weight excluding hydrogens is 583 g/mol. The third-order valence-electron chi connectivity index (χ3n) is 9.19. The smallest absolute Gasteiger partial charge is 0.319 e. The average molecular weight is 619 g/mol. The molecule has 2 atom stereocenters. The van der Waals surface area contributed by atoms with E-state index < -0.39 is 15.8 Å². The molecule has 44 heavy (non-hydrogen) atoms. The summed E-state index contributed by atoms with van der Waals surface area (Å²) in [5.41, 5.74) is 0.643. The number of nitrogens with zero attached hydrogens (tertiary/aromatic N) is 5. The Hall–Kier alpha value is -3.92.